The molecule has 31 heavy (non-hydrogen) atoms. The molecule has 0 radical (unpaired) electrons. The minimum Gasteiger partial charge on any atom is -0.481 e. The fourth-order valence-electron chi connectivity index (χ4n) is 3.78. The van der Waals surface area contributed by atoms with Gasteiger partial charge in [0.25, 0.3) is 0 Å². The number of benzene rings is 2. The van der Waals surface area contributed by atoms with Crippen LogP contribution in [0.3, 0.4) is 0 Å². The van der Waals surface area contributed by atoms with E-state index in [-0.39, 0.29) is 12.3 Å². The van der Waals surface area contributed by atoms with Crippen LogP contribution in [0.5, 0.6) is 0 Å². The summed E-state index contributed by atoms with van der Waals surface area (Å²) >= 11 is 0. The number of nitrogens with zero attached hydrogens (tertiary/aromatic N) is 1. The van der Waals surface area contributed by atoms with Gasteiger partial charge in [-0.25, -0.2) is 0 Å². The predicted octanol–water partition coefficient (Wildman–Crippen LogP) is 4.93. The van der Waals surface area contributed by atoms with Crippen molar-refractivity contribution in [3.8, 4) is 11.1 Å². The van der Waals surface area contributed by atoms with Crippen molar-refractivity contribution in [2.75, 3.05) is 0 Å². The van der Waals surface area contributed by atoms with Gasteiger partial charge >= 0.3 is 5.97 Å². The predicted molar refractivity (Wildman–Crippen MR) is 124 cm³/mol. The average Bonchev–Trinajstić information content (AvgIpc) is 2.71. The first-order valence-corrected chi connectivity index (χ1v) is 10.5. The Hall–Kier alpha value is -3.02. The van der Waals surface area contributed by atoms with Gasteiger partial charge < -0.3 is 15.3 Å². The van der Waals surface area contributed by atoms with E-state index < -0.39 is 24.6 Å². The Bertz CT molecular complexity index is 1090. The van der Waals surface area contributed by atoms with E-state index in [9.17, 15) is 15.0 Å². The van der Waals surface area contributed by atoms with Gasteiger partial charge in [-0.05, 0) is 30.5 Å². The monoisotopic (exact) mass is 419 g/mol. The van der Waals surface area contributed by atoms with Crippen LogP contribution in [0.25, 0.3) is 28.1 Å². The summed E-state index contributed by atoms with van der Waals surface area (Å²) in [7, 11) is 0. The molecule has 1 heterocycles. The number of aliphatic hydroxyl groups excluding tert-OH is 2. The van der Waals surface area contributed by atoms with E-state index >= 15 is 0 Å². The second-order valence-corrected chi connectivity index (χ2v) is 8.24. The lowest BCUT2D eigenvalue weighted by Gasteiger charge is -2.18. The molecule has 2 aromatic carbocycles. The number of aromatic nitrogens is 1. The van der Waals surface area contributed by atoms with Crippen LogP contribution in [-0.2, 0) is 4.79 Å². The zero-order valence-electron chi connectivity index (χ0n) is 18.1. The van der Waals surface area contributed by atoms with Crippen LogP contribution in [0.4, 0.5) is 0 Å². The summed E-state index contributed by atoms with van der Waals surface area (Å²) in [6.07, 6.45) is 0.959. The quantitative estimate of drug-likeness (QED) is 0.481. The third-order valence-electron chi connectivity index (χ3n) is 5.23. The molecule has 2 atom stereocenters. The minimum atomic E-state index is -1.10. The first-order chi connectivity index (χ1) is 14.8. The molecule has 0 aliphatic heterocycles. The lowest BCUT2D eigenvalue weighted by atomic mass is 9.90. The molecule has 0 spiro atoms. The van der Waals surface area contributed by atoms with E-state index in [1.54, 1.807) is 6.08 Å². The summed E-state index contributed by atoms with van der Waals surface area (Å²) < 4.78 is 0. The van der Waals surface area contributed by atoms with Crippen LogP contribution in [0.1, 0.15) is 49.4 Å². The SMILES string of the molecule is Cc1ccc2nc(C(C)C)c(/C=C/C(O)CC(O)CC(=O)O)c(-c3ccccc3)c2c1. The van der Waals surface area contributed by atoms with Gasteiger partial charge in [-0.3, -0.25) is 9.78 Å². The topological polar surface area (TPSA) is 90.7 Å². The Morgan fingerprint density at radius 3 is 2.45 bits per heavy atom. The second kappa shape index (κ2) is 9.86. The second-order valence-electron chi connectivity index (χ2n) is 8.24. The Labute approximate surface area is 182 Å². The number of carboxylic acid groups (broad SMARTS) is 1. The first-order valence-electron chi connectivity index (χ1n) is 10.5. The lowest BCUT2D eigenvalue weighted by molar-refractivity contribution is -0.139. The van der Waals surface area contributed by atoms with Gasteiger partial charge in [0.05, 0.1) is 29.8 Å². The lowest BCUT2D eigenvalue weighted by Crippen LogP contribution is -2.19. The van der Waals surface area contributed by atoms with Crippen molar-refractivity contribution in [3.05, 3.63) is 71.4 Å². The number of carboxylic acids is 1. The molecule has 0 saturated carbocycles. The fraction of sp³-hybridized carbons (Fsp3) is 0.308. The minimum absolute atomic E-state index is 0.0411. The highest BCUT2D eigenvalue weighted by Gasteiger charge is 2.18. The molecular weight excluding hydrogens is 390 g/mol. The number of aryl methyl sites for hydroxylation is 1. The molecule has 3 aromatic rings. The molecule has 5 nitrogen and oxygen atoms in total. The summed E-state index contributed by atoms with van der Waals surface area (Å²) in [5.41, 5.74) is 6.00. The largest absolute Gasteiger partial charge is 0.481 e. The third kappa shape index (κ3) is 5.57. The van der Waals surface area contributed by atoms with Crippen LogP contribution in [0.2, 0.25) is 0 Å². The van der Waals surface area contributed by atoms with Crippen molar-refractivity contribution in [1.82, 2.24) is 4.98 Å². The highest BCUT2D eigenvalue weighted by molar-refractivity contribution is 5.99. The van der Waals surface area contributed by atoms with Crippen molar-refractivity contribution in [2.24, 2.45) is 0 Å². The van der Waals surface area contributed by atoms with Crippen molar-refractivity contribution in [2.45, 2.75) is 51.7 Å². The summed E-state index contributed by atoms with van der Waals surface area (Å²) in [6.45, 7) is 6.22. The van der Waals surface area contributed by atoms with E-state index in [2.05, 4.69) is 38.1 Å². The van der Waals surface area contributed by atoms with E-state index in [1.165, 1.54) is 0 Å². The number of rotatable bonds is 8. The maximum Gasteiger partial charge on any atom is 0.305 e. The van der Waals surface area contributed by atoms with Crippen molar-refractivity contribution in [1.29, 1.82) is 0 Å². The number of hydrogen-bond acceptors (Lipinski definition) is 4. The van der Waals surface area contributed by atoms with Crippen LogP contribution in [0.15, 0.2) is 54.6 Å². The van der Waals surface area contributed by atoms with Gasteiger partial charge in [-0.2, -0.15) is 0 Å². The summed E-state index contributed by atoms with van der Waals surface area (Å²) in [6, 6.07) is 16.3. The molecule has 5 heteroatoms. The third-order valence-corrected chi connectivity index (χ3v) is 5.23. The maximum atomic E-state index is 10.8. The van der Waals surface area contributed by atoms with Crippen LogP contribution in [-0.4, -0.2) is 38.5 Å². The number of pyridine rings is 1. The number of carbonyl (C=O) groups is 1. The van der Waals surface area contributed by atoms with Gasteiger partial charge in [0.1, 0.15) is 0 Å². The standard InChI is InChI=1S/C26H29NO4/c1-16(2)26-21(11-10-19(28)14-20(29)15-24(30)31)25(18-7-5-4-6-8-18)22-13-17(3)9-12-23(22)27-26/h4-13,16,19-20,28-29H,14-15H2,1-3H3,(H,30,31)/b11-10+. The molecule has 0 aliphatic rings. The highest BCUT2D eigenvalue weighted by Crippen LogP contribution is 2.37. The molecule has 2 unspecified atom stereocenters. The van der Waals surface area contributed by atoms with E-state index in [0.29, 0.717) is 0 Å². The van der Waals surface area contributed by atoms with Gasteiger partial charge in [-0.15, -0.1) is 0 Å². The van der Waals surface area contributed by atoms with E-state index in [1.807, 2.05) is 37.3 Å². The van der Waals surface area contributed by atoms with Crippen molar-refractivity contribution >= 4 is 22.9 Å². The molecule has 0 aliphatic carbocycles. The summed E-state index contributed by atoms with van der Waals surface area (Å²) in [5, 5.41) is 30.1. The fourth-order valence-corrected chi connectivity index (χ4v) is 3.78. The molecule has 162 valence electrons. The van der Waals surface area contributed by atoms with E-state index in [4.69, 9.17) is 10.1 Å². The molecule has 0 saturated heterocycles. The van der Waals surface area contributed by atoms with Gasteiger partial charge in [0.15, 0.2) is 0 Å². The maximum absolute atomic E-state index is 10.8. The van der Waals surface area contributed by atoms with Crippen LogP contribution < -0.4 is 0 Å². The molecule has 3 rings (SSSR count). The van der Waals surface area contributed by atoms with Crippen molar-refractivity contribution < 1.29 is 20.1 Å². The molecule has 0 bridgehead atoms. The van der Waals surface area contributed by atoms with Crippen LogP contribution >= 0.6 is 0 Å². The van der Waals surface area contributed by atoms with Crippen LogP contribution in [0, 0.1) is 6.92 Å². The summed E-state index contributed by atoms with van der Waals surface area (Å²) in [5.74, 6) is -0.936. The molecule has 0 fully saturated rings. The van der Waals surface area contributed by atoms with Gasteiger partial charge in [-0.1, -0.05) is 68.0 Å². The number of fused-ring (bicyclic) bond motifs is 1. The number of aliphatic carboxylic acids is 1. The Morgan fingerprint density at radius 1 is 1.10 bits per heavy atom. The Balaban J connectivity index is 2.14. The highest BCUT2D eigenvalue weighted by atomic mass is 16.4. The number of hydrogen-bond donors (Lipinski definition) is 3. The molecular formula is C26H29NO4. The molecule has 1 aromatic heterocycles. The van der Waals surface area contributed by atoms with Gasteiger partial charge in [0, 0.05) is 22.9 Å². The Kier molecular flexibility index (Phi) is 7.21. The smallest absolute Gasteiger partial charge is 0.305 e. The average molecular weight is 420 g/mol. The van der Waals surface area contributed by atoms with Gasteiger partial charge in [0.2, 0.25) is 0 Å². The molecule has 0 amide bonds. The molecule has 3 N–H and O–H groups in total. The van der Waals surface area contributed by atoms with E-state index in [0.717, 1.165) is 38.9 Å². The number of aliphatic hydroxyl groups is 2. The summed E-state index contributed by atoms with van der Waals surface area (Å²) in [4.78, 5) is 15.7. The zero-order valence-corrected chi connectivity index (χ0v) is 18.1. The first kappa shape index (κ1) is 22.7. The van der Waals surface area contributed by atoms with Crippen molar-refractivity contribution in [3.63, 3.8) is 0 Å². The Morgan fingerprint density at radius 2 is 1.81 bits per heavy atom. The normalized spacial score (nSPS) is 13.7. The zero-order chi connectivity index (χ0) is 22.5.